The molecule has 0 aliphatic heterocycles. The number of hydrogen-bond acceptors (Lipinski definition) is 4. The van der Waals surface area contributed by atoms with Crippen molar-refractivity contribution in [3.05, 3.63) is 57.6 Å². The lowest BCUT2D eigenvalue weighted by atomic mass is 10.2. The first-order valence-electron chi connectivity index (χ1n) is 9.19. The second-order valence-electron chi connectivity index (χ2n) is 6.92. The van der Waals surface area contributed by atoms with Crippen molar-refractivity contribution < 1.29 is 4.79 Å². The molecular formula is C21H23Cl2N3OS. The zero-order valence-corrected chi connectivity index (χ0v) is 18.5. The van der Waals surface area contributed by atoms with Crippen molar-refractivity contribution >= 4 is 55.8 Å². The van der Waals surface area contributed by atoms with Gasteiger partial charge in [-0.1, -0.05) is 47.5 Å². The second kappa shape index (κ2) is 9.23. The van der Waals surface area contributed by atoms with Gasteiger partial charge in [0.15, 0.2) is 5.13 Å². The SMILES string of the molecule is CCc1ccc2nc(N(CCCN(C)C)C(=O)c3cc(Cl)cc(Cl)c3)sc2c1. The van der Waals surface area contributed by atoms with Crippen LogP contribution < -0.4 is 4.90 Å². The van der Waals surface area contributed by atoms with Crippen molar-refractivity contribution in [1.82, 2.24) is 9.88 Å². The quantitative estimate of drug-likeness (QED) is 0.472. The minimum absolute atomic E-state index is 0.141. The van der Waals surface area contributed by atoms with Gasteiger partial charge in [-0.15, -0.1) is 0 Å². The zero-order valence-electron chi connectivity index (χ0n) is 16.2. The maximum Gasteiger partial charge on any atom is 0.260 e. The van der Waals surface area contributed by atoms with Gasteiger partial charge in [0, 0.05) is 22.2 Å². The summed E-state index contributed by atoms with van der Waals surface area (Å²) < 4.78 is 1.09. The molecule has 0 bridgehead atoms. The summed E-state index contributed by atoms with van der Waals surface area (Å²) in [7, 11) is 4.04. The molecule has 0 saturated heterocycles. The topological polar surface area (TPSA) is 36.4 Å². The Morgan fingerprint density at radius 2 is 1.79 bits per heavy atom. The molecule has 1 heterocycles. The Balaban J connectivity index is 1.97. The van der Waals surface area contributed by atoms with E-state index in [0.717, 1.165) is 29.6 Å². The van der Waals surface area contributed by atoms with Gasteiger partial charge in [-0.3, -0.25) is 9.69 Å². The van der Waals surface area contributed by atoms with Crippen molar-refractivity contribution in [3.63, 3.8) is 0 Å². The van der Waals surface area contributed by atoms with Crippen LogP contribution in [-0.2, 0) is 6.42 Å². The highest BCUT2D eigenvalue weighted by Crippen LogP contribution is 2.31. The van der Waals surface area contributed by atoms with Crippen molar-refractivity contribution in [2.24, 2.45) is 0 Å². The maximum absolute atomic E-state index is 13.3. The van der Waals surface area contributed by atoms with Gasteiger partial charge in [-0.2, -0.15) is 0 Å². The van der Waals surface area contributed by atoms with Crippen LogP contribution in [0.1, 0.15) is 29.3 Å². The van der Waals surface area contributed by atoms with Crippen LogP contribution in [0.4, 0.5) is 5.13 Å². The summed E-state index contributed by atoms with van der Waals surface area (Å²) >= 11 is 13.8. The average molecular weight is 436 g/mol. The summed E-state index contributed by atoms with van der Waals surface area (Å²) in [5.41, 5.74) is 2.64. The Bertz CT molecular complexity index is 967. The molecule has 3 aromatic rings. The number of carbonyl (C=O) groups excluding carboxylic acids is 1. The number of anilines is 1. The van der Waals surface area contributed by atoms with E-state index in [9.17, 15) is 4.79 Å². The van der Waals surface area contributed by atoms with E-state index >= 15 is 0 Å². The molecule has 1 aromatic heterocycles. The number of aryl methyl sites for hydroxylation is 1. The van der Waals surface area contributed by atoms with E-state index in [2.05, 4.69) is 24.0 Å². The number of hydrogen-bond donors (Lipinski definition) is 0. The normalized spacial score (nSPS) is 11.4. The summed E-state index contributed by atoms with van der Waals surface area (Å²) in [6.45, 7) is 3.58. The first kappa shape index (κ1) is 21.1. The third kappa shape index (κ3) is 5.03. The van der Waals surface area contributed by atoms with Crippen molar-refractivity contribution in [2.45, 2.75) is 19.8 Å². The largest absolute Gasteiger partial charge is 0.309 e. The molecule has 0 N–H and O–H groups in total. The number of halogens is 2. The van der Waals surface area contributed by atoms with E-state index in [1.807, 2.05) is 20.2 Å². The lowest BCUT2D eigenvalue weighted by Gasteiger charge is -2.21. The third-order valence-corrected chi connectivity index (χ3v) is 5.90. The predicted molar refractivity (Wildman–Crippen MR) is 120 cm³/mol. The van der Waals surface area contributed by atoms with Crippen LogP contribution in [0.3, 0.4) is 0 Å². The van der Waals surface area contributed by atoms with Gasteiger partial charge in [0.2, 0.25) is 0 Å². The van der Waals surface area contributed by atoms with Crippen molar-refractivity contribution in [3.8, 4) is 0 Å². The predicted octanol–water partition coefficient (Wildman–Crippen LogP) is 5.76. The van der Waals surface area contributed by atoms with Crippen LogP contribution in [0.2, 0.25) is 10.0 Å². The van der Waals surface area contributed by atoms with E-state index in [4.69, 9.17) is 28.2 Å². The van der Waals surface area contributed by atoms with Gasteiger partial charge in [0.25, 0.3) is 5.91 Å². The molecule has 0 saturated carbocycles. The van der Waals surface area contributed by atoms with Gasteiger partial charge in [0.1, 0.15) is 0 Å². The molecular weight excluding hydrogens is 413 g/mol. The number of amides is 1. The number of rotatable bonds is 7. The standard InChI is InChI=1S/C21H23Cl2N3OS/c1-4-14-6-7-18-19(10-14)28-21(24-18)26(9-5-8-25(2)3)20(27)15-11-16(22)13-17(23)12-15/h6-7,10-13H,4-5,8-9H2,1-3H3. The van der Waals surface area contributed by atoms with Crippen molar-refractivity contribution in [1.29, 1.82) is 0 Å². The van der Waals surface area contributed by atoms with Crippen molar-refractivity contribution in [2.75, 3.05) is 32.1 Å². The van der Waals surface area contributed by atoms with Gasteiger partial charge in [-0.25, -0.2) is 4.98 Å². The fraction of sp³-hybridized carbons (Fsp3) is 0.333. The van der Waals surface area contributed by atoms with Crippen LogP contribution in [0.25, 0.3) is 10.2 Å². The molecule has 0 radical (unpaired) electrons. The summed E-state index contributed by atoms with van der Waals surface area (Å²) in [5.74, 6) is -0.141. The molecule has 0 atom stereocenters. The molecule has 0 fully saturated rings. The molecule has 0 aliphatic carbocycles. The Labute approximate surface area is 179 Å². The number of aromatic nitrogens is 1. The van der Waals surface area contributed by atoms with E-state index in [-0.39, 0.29) is 5.91 Å². The van der Waals surface area contributed by atoms with E-state index < -0.39 is 0 Å². The average Bonchev–Trinajstić information content (AvgIpc) is 3.06. The van der Waals surface area contributed by atoms with Crippen LogP contribution in [0, 0.1) is 0 Å². The highest BCUT2D eigenvalue weighted by molar-refractivity contribution is 7.22. The van der Waals surface area contributed by atoms with Gasteiger partial charge >= 0.3 is 0 Å². The Morgan fingerprint density at radius 1 is 1.07 bits per heavy atom. The molecule has 4 nitrogen and oxygen atoms in total. The third-order valence-electron chi connectivity index (χ3n) is 4.42. The zero-order chi connectivity index (χ0) is 20.3. The van der Waals surface area contributed by atoms with Gasteiger partial charge < -0.3 is 4.90 Å². The summed E-state index contributed by atoms with van der Waals surface area (Å²) in [4.78, 5) is 21.8. The highest BCUT2D eigenvalue weighted by atomic mass is 35.5. The summed E-state index contributed by atoms with van der Waals surface area (Å²) in [6, 6.07) is 11.2. The molecule has 148 valence electrons. The van der Waals surface area contributed by atoms with Crippen LogP contribution >= 0.6 is 34.5 Å². The first-order chi connectivity index (χ1) is 13.4. The number of nitrogens with zero attached hydrogens (tertiary/aromatic N) is 3. The smallest absolute Gasteiger partial charge is 0.260 e. The summed E-state index contributed by atoms with van der Waals surface area (Å²) in [5, 5.41) is 1.59. The molecule has 0 unspecified atom stereocenters. The summed E-state index contributed by atoms with van der Waals surface area (Å²) in [6.07, 6.45) is 1.80. The lowest BCUT2D eigenvalue weighted by molar-refractivity contribution is 0.0986. The fourth-order valence-corrected chi connectivity index (χ4v) is 4.53. The van der Waals surface area contributed by atoms with E-state index in [1.165, 1.54) is 16.9 Å². The lowest BCUT2D eigenvalue weighted by Crippen LogP contribution is -2.33. The number of carbonyl (C=O) groups is 1. The monoisotopic (exact) mass is 435 g/mol. The molecule has 0 aliphatic rings. The highest BCUT2D eigenvalue weighted by Gasteiger charge is 2.22. The number of benzene rings is 2. The number of thiazole rings is 1. The van der Waals surface area contributed by atoms with E-state index in [0.29, 0.717) is 27.3 Å². The minimum Gasteiger partial charge on any atom is -0.309 e. The van der Waals surface area contributed by atoms with Crippen LogP contribution in [-0.4, -0.2) is 43.0 Å². The number of fused-ring (bicyclic) bond motifs is 1. The molecule has 28 heavy (non-hydrogen) atoms. The Hall–Kier alpha value is -1.66. The Kier molecular flexibility index (Phi) is 6.94. The van der Waals surface area contributed by atoms with Crippen LogP contribution in [0.5, 0.6) is 0 Å². The minimum atomic E-state index is -0.141. The van der Waals surface area contributed by atoms with E-state index in [1.54, 1.807) is 23.1 Å². The second-order valence-corrected chi connectivity index (χ2v) is 8.81. The van der Waals surface area contributed by atoms with Gasteiger partial charge in [0.05, 0.1) is 10.2 Å². The molecule has 2 aromatic carbocycles. The maximum atomic E-state index is 13.3. The molecule has 7 heteroatoms. The van der Waals surface area contributed by atoms with Gasteiger partial charge in [-0.05, 0) is 69.4 Å². The molecule has 1 amide bonds. The van der Waals surface area contributed by atoms with Crippen LogP contribution in [0.15, 0.2) is 36.4 Å². The molecule has 3 rings (SSSR count). The Morgan fingerprint density at radius 3 is 2.43 bits per heavy atom. The fourth-order valence-electron chi connectivity index (χ4n) is 2.95. The molecule has 0 spiro atoms. The first-order valence-corrected chi connectivity index (χ1v) is 10.8.